The van der Waals surface area contributed by atoms with Crippen LogP contribution in [-0.4, -0.2) is 45.4 Å². The summed E-state index contributed by atoms with van der Waals surface area (Å²) in [5, 5.41) is 3.21. The molecule has 0 radical (unpaired) electrons. The van der Waals surface area contributed by atoms with Crippen molar-refractivity contribution in [1.82, 2.24) is 19.9 Å². The van der Waals surface area contributed by atoms with Gasteiger partial charge in [0.15, 0.2) is 0 Å². The number of rotatable bonds is 6. The van der Waals surface area contributed by atoms with Crippen molar-refractivity contribution in [3.63, 3.8) is 0 Å². The molecule has 144 valence electrons. The Morgan fingerprint density at radius 2 is 2.07 bits per heavy atom. The Hall–Kier alpha value is -2.87. The minimum absolute atomic E-state index is 0.204. The summed E-state index contributed by atoms with van der Waals surface area (Å²) in [5.74, 6) is 0.422. The Balaban J connectivity index is 1.60. The monoisotopic (exact) mass is 397 g/mol. The van der Waals surface area contributed by atoms with Crippen molar-refractivity contribution in [3.8, 4) is 21.7 Å². The van der Waals surface area contributed by atoms with E-state index in [-0.39, 0.29) is 11.7 Å². The zero-order valence-corrected chi connectivity index (χ0v) is 16.3. The average molecular weight is 397 g/mol. The van der Waals surface area contributed by atoms with E-state index in [1.165, 1.54) is 23.5 Å². The van der Waals surface area contributed by atoms with E-state index in [0.29, 0.717) is 25.5 Å². The van der Waals surface area contributed by atoms with Crippen molar-refractivity contribution in [2.75, 3.05) is 25.0 Å². The highest BCUT2D eigenvalue weighted by Gasteiger charge is 2.20. The molecule has 0 atom stereocenters. The maximum atomic E-state index is 13.3. The van der Waals surface area contributed by atoms with Gasteiger partial charge < -0.3 is 10.2 Å². The molecular formula is C20H20FN5OS. The van der Waals surface area contributed by atoms with Crippen LogP contribution in [0.25, 0.3) is 21.7 Å². The number of halogens is 1. The summed E-state index contributed by atoms with van der Waals surface area (Å²) in [5.41, 5.74) is 5.11. The molecule has 1 aromatic carbocycles. The lowest BCUT2D eigenvalue weighted by atomic mass is 10.0. The Bertz CT molecular complexity index is 989. The van der Waals surface area contributed by atoms with E-state index in [9.17, 15) is 9.18 Å². The number of carbonyl (C=O) groups is 1. The lowest BCUT2D eigenvalue weighted by molar-refractivity contribution is -0.127. The van der Waals surface area contributed by atoms with E-state index >= 15 is 0 Å². The topological polar surface area (TPSA) is 71.0 Å². The smallest absolute Gasteiger partial charge is 0.223 e. The number of thiazole rings is 1. The van der Waals surface area contributed by atoms with Crippen LogP contribution in [0.15, 0.2) is 36.0 Å². The molecule has 28 heavy (non-hydrogen) atoms. The highest BCUT2D eigenvalue weighted by Crippen LogP contribution is 2.34. The number of nitrogens with one attached hydrogen (secondary N) is 1. The lowest BCUT2D eigenvalue weighted by Gasteiger charge is -2.16. The standard InChI is InChI=1S/C20H20FN5OS/c1-13-19(28-12-24-13)18-16(14-4-6-15(21)7-5-14)11-23-20(25-18)22-8-10-26-9-2-3-17(26)27/h4-7,11-12H,2-3,8-10H2,1H3,(H,22,23,25). The second-order valence-corrected chi connectivity index (χ2v) is 7.50. The predicted molar refractivity (Wildman–Crippen MR) is 108 cm³/mol. The zero-order chi connectivity index (χ0) is 19.5. The van der Waals surface area contributed by atoms with Crippen molar-refractivity contribution in [2.24, 2.45) is 0 Å². The summed E-state index contributed by atoms with van der Waals surface area (Å²) >= 11 is 1.51. The number of amides is 1. The molecule has 3 heterocycles. The number of hydrogen-bond donors (Lipinski definition) is 1. The first-order valence-electron chi connectivity index (χ1n) is 9.17. The Morgan fingerprint density at radius 1 is 1.25 bits per heavy atom. The molecule has 1 fully saturated rings. The molecular weight excluding hydrogens is 377 g/mol. The number of benzene rings is 1. The predicted octanol–water partition coefficient (Wildman–Crippen LogP) is 3.75. The third kappa shape index (κ3) is 3.87. The number of anilines is 1. The van der Waals surface area contributed by atoms with Gasteiger partial charge in [-0.25, -0.2) is 19.3 Å². The van der Waals surface area contributed by atoms with Crippen molar-refractivity contribution >= 4 is 23.2 Å². The van der Waals surface area contributed by atoms with Gasteiger partial charge in [0.2, 0.25) is 11.9 Å². The Kier molecular flexibility index (Phi) is 5.29. The third-order valence-electron chi connectivity index (χ3n) is 4.74. The van der Waals surface area contributed by atoms with E-state index < -0.39 is 0 Å². The van der Waals surface area contributed by atoms with Crippen LogP contribution in [0.1, 0.15) is 18.5 Å². The first-order chi connectivity index (χ1) is 13.6. The van der Waals surface area contributed by atoms with Gasteiger partial charge in [-0.15, -0.1) is 11.3 Å². The van der Waals surface area contributed by atoms with Gasteiger partial charge in [0.25, 0.3) is 0 Å². The summed E-state index contributed by atoms with van der Waals surface area (Å²) in [6.45, 7) is 3.98. The SMILES string of the molecule is Cc1ncsc1-c1nc(NCCN2CCCC2=O)ncc1-c1ccc(F)cc1. The van der Waals surface area contributed by atoms with E-state index in [1.807, 2.05) is 11.8 Å². The number of nitrogens with zero attached hydrogens (tertiary/aromatic N) is 4. The molecule has 1 N–H and O–H groups in total. The van der Waals surface area contributed by atoms with Gasteiger partial charge >= 0.3 is 0 Å². The van der Waals surface area contributed by atoms with Crippen LogP contribution in [0, 0.1) is 12.7 Å². The van der Waals surface area contributed by atoms with Crippen LogP contribution in [-0.2, 0) is 4.79 Å². The number of carbonyl (C=O) groups excluding carboxylic acids is 1. The molecule has 2 aromatic heterocycles. The van der Waals surface area contributed by atoms with Crippen molar-refractivity contribution in [2.45, 2.75) is 19.8 Å². The molecule has 0 bridgehead atoms. The molecule has 1 aliphatic heterocycles. The van der Waals surface area contributed by atoms with Crippen LogP contribution in [0.5, 0.6) is 0 Å². The highest BCUT2D eigenvalue weighted by molar-refractivity contribution is 7.13. The van der Waals surface area contributed by atoms with Crippen molar-refractivity contribution < 1.29 is 9.18 Å². The summed E-state index contributed by atoms with van der Waals surface area (Å²) in [4.78, 5) is 28.0. The van der Waals surface area contributed by atoms with Crippen LogP contribution in [0.3, 0.4) is 0 Å². The maximum absolute atomic E-state index is 13.3. The molecule has 0 spiro atoms. The zero-order valence-electron chi connectivity index (χ0n) is 15.5. The van der Waals surface area contributed by atoms with Gasteiger partial charge in [-0.2, -0.15) is 0 Å². The first kappa shape index (κ1) is 18.5. The largest absolute Gasteiger partial charge is 0.352 e. The fourth-order valence-electron chi connectivity index (χ4n) is 3.25. The summed E-state index contributed by atoms with van der Waals surface area (Å²) in [6.07, 6.45) is 3.31. The quantitative estimate of drug-likeness (QED) is 0.686. The molecule has 4 rings (SSSR count). The molecule has 0 unspecified atom stereocenters. The van der Waals surface area contributed by atoms with Crippen molar-refractivity contribution in [1.29, 1.82) is 0 Å². The van der Waals surface area contributed by atoms with E-state index in [4.69, 9.17) is 4.98 Å². The normalized spacial score (nSPS) is 13.9. The second kappa shape index (κ2) is 8.02. The fourth-order valence-corrected chi connectivity index (χ4v) is 4.06. The lowest BCUT2D eigenvalue weighted by Crippen LogP contribution is -2.30. The van der Waals surface area contributed by atoms with Gasteiger partial charge in [0.05, 0.1) is 21.8 Å². The molecule has 8 heteroatoms. The number of aromatic nitrogens is 3. The third-order valence-corrected chi connectivity index (χ3v) is 5.68. The molecule has 1 saturated heterocycles. The molecule has 1 aliphatic rings. The van der Waals surface area contributed by atoms with Crippen LogP contribution < -0.4 is 5.32 Å². The summed E-state index contributed by atoms with van der Waals surface area (Å²) in [7, 11) is 0. The van der Waals surface area contributed by atoms with Gasteiger partial charge in [0, 0.05) is 37.8 Å². The van der Waals surface area contributed by atoms with E-state index in [1.54, 1.807) is 23.8 Å². The number of likely N-dealkylation sites (tertiary alicyclic amines) is 1. The van der Waals surface area contributed by atoms with Gasteiger partial charge in [-0.3, -0.25) is 4.79 Å². The summed E-state index contributed by atoms with van der Waals surface area (Å²) in [6, 6.07) is 6.30. The Morgan fingerprint density at radius 3 is 2.75 bits per heavy atom. The first-order valence-corrected chi connectivity index (χ1v) is 10.0. The van der Waals surface area contributed by atoms with Gasteiger partial charge in [-0.1, -0.05) is 12.1 Å². The number of hydrogen-bond acceptors (Lipinski definition) is 6. The molecule has 6 nitrogen and oxygen atoms in total. The van der Waals surface area contributed by atoms with E-state index in [0.717, 1.165) is 40.4 Å². The minimum Gasteiger partial charge on any atom is -0.352 e. The Labute approximate surface area is 166 Å². The maximum Gasteiger partial charge on any atom is 0.223 e. The average Bonchev–Trinajstić information content (AvgIpc) is 3.31. The molecule has 0 aliphatic carbocycles. The number of aryl methyl sites for hydroxylation is 1. The minimum atomic E-state index is -0.282. The highest BCUT2D eigenvalue weighted by atomic mass is 32.1. The van der Waals surface area contributed by atoms with Crippen LogP contribution in [0.4, 0.5) is 10.3 Å². The van der Waals surface area contributed by atoms with Gasteiger partial charge in [-0.05, 0) is 31.0 Å². The molecule has 3 aromatic rings. The van der Waals surface area contributed by atoms with E-state index in [2.05, 4.69) is 15.3 Å². The molecule has 1 amide bonds. The fraction of sp³-hybridized carbons (Fsp3) is 0.300. The second-order valence-electron chi connectivity index (χ2n) is 6.64. The van der Waals surface area contributed by atoms with Crippen molar-refractivity contribution in [3.05, 3.63) is 47.5 Å². The van der Waals surface area contributed by atoms with Gasteiger partial charge in [0.1, 0.15) is 5.82 Å². The van der Waals surface area contributed by atoms with Crippen LogP contribution in [0.2, 0.25) is 0 Å². The summed E-state index contributed by atoms with van der Waals surface area (Å²) < 4.78 is 13.3. The van der Waals surface area contributed by atoms with Crippen LogP contribution >= 0.6 is 11.3 Å². The molecule has 0 saturated carbocycles.